The minimum Gasteiger partial charge on any atom is -0.348 e. The monoisotopic (exact) mass is 374 g/mol. The summed E-state index contributed by atoms with van der Waals surface area (Å²) >= 11 is 0. The lowest BCUT2D eigenvalue weighted by Gasteiger charge is -2.36. The second kappa shape index (κ2) is 6.34. The molecule has 0 N–H and O–H groups in total. The highest BCUT2D eigenvalue weighted by Crippen LogP contribution is 2.37. The lowest BCUT2D eigenvalue weighted by atomic mass is 10.0. The molecule has 26 heavy (non-hydrogen) atoms. The van der Waals surface area contributed by atoms with Gasteiger partial charge >= 0.3 is 0 Å². The predicted molar refractivity (Wildman–Crippen MR) is 93.0 cm³/mol. The molecule has 1 unspecified atom stereocenters. The van der Waals surface area contributed by atoms with Crippen LogP contribution in [0.4, 0.5) is 8.78 Å². The fourth-order valence-electron chi connectivity index (χ4n) is 3.41. The largest absolute Gasteiger partial charge is 0.348 e. The average Bonchev–Trinajstić information content (AvgIpc) is 3.10. The van der Waals surface area contributed by atoms with E-state index in [0.717, 1.165) is 6.07 Å². The summed E-state index contributed by atoms with van der Waals surface area (Å²) in [5.74, 6) is -1.32. The second-order valence-corrected chi connectivity index (χ2v) is 7.96. The number of sulfonamides is 1. The molecule has 0 aliphatic carbocycles. The van der Waals surface area contributed by atoms with Gasteiger partial charge in [-0.25, -0.2) is 17.2 Å². The molecule has 2 heterocycles. The summed E-state index contributed by atoms with van der Waals surface area (Å²) in [4.78, 5) is -0.402. The Labute approximate surface area is 150 Å². The third kappa shape index (κ3) is 2.64. The molecule has 2 aromatic carbocycles. The fraction of sp³-hybridized carbons (Fsp3) is 0.158. The standard InChI is InChI=1S/C19H16F2N2O2S/c20-15-7-2-1-6-14(15)19-17-9-5-11-22(17)12-13-23(19)26(24,25)18-10-4-3-8-16(18)21/h1-11,19H,12-13H2. The highest BCUT2D eigenvalue weighted by atomic mass is 32.2. The minimum absolute atomic E-state index is 0.122. The Morgan fingerprint density at radius 1 is 0.846 bits per heavy atom. The first-order chi connectivity index (χ1) is 12.5. The predicted octanol–water partition coefficient (Wildman–Crippen LogP) is 3.56. The third-order valence-corrected chi connectivity index (χ3v) is 6.51. The molecule has 4 rings (SSSR count). The van der Waals surface area contributed by atoms with Crippen molar-refractivity contribution in [2.75, 3.05) is 6.54 Å². The summed E-state index contributed by atoms with van der Waals surface area (Å²) in [5.41, 5.74) is 0.897. The Kier molecular flexibility index (Phi) is 4.13. The van der Waals surface area contributed by atoms with Crippen LogP contribution in [0.1, 0.15) is 17.3 Å². The number of fused-ring (bicyclic) bond motifs is 1. The molecule has 0 saturated carbocycles. The molecular weight excluding hydrogens is 358 g/mol. The first-order valence-corrected chi connectivity index (χ1v) is 9.60. The van der Waals surface area contributed by atoms with Crippen molar-refractivity contribution in [3.63, 3.8) is 0 Å². The molecule has 0 saturated heterocycles. The lowest BCUT2D eigenvalue weighted by molar-refractivity contribution is 0.292. The summed E-state index contributed by atoms with van der Waals surface area (Å²) < 4.78 is 58.2. The molecule has 1 atom stereocenters. The maximum absolute atomic E-state index is 14.5. The van der Waals surface area contributed by atoms with Crippen LogP contribution in [-0.4, -0.2) is 23.8 Å². The average molecular weight is 374 g/mol. The Hall–Kier alpha value is -2.51. The number of hydrogen-bond donors (Lipinski definition) is 0. The minimum atomic E-state index is -4.15. The summed E-state index contributed by atoms with van der Waals surface area (Å²) in [6, 6.07) is 14.0. The Balaban J connectivity index is 1.90. The molecule has 134 valence electrons. The summed E-state index contributed by atoms with van der Waals surface area (Å²) in [6.07, 6.45) is 1.83. The van der Waals surface area contributed by atoms with Gasteiger partial charge < -0.3 is 4.57 Å². The first-order valence-electron chi connectivity index (χ1n) is 8.16. The van der Waals surface area contributed by atoms with Gasteiger partial charge in [0.1, 0.15) is 16.5 Å². The van der Waals surface area contributed by atoms with Crippen LogP contribution in [0.2, 0.25) is 0 Å². The number of nitrogens with zero attached hydrogens (tertiary/aromatic N) is 2. The SMILES string of the molecule is O=S(=O)(c1ccccc1F)N1CCn2cccc2C1c1ccccc1F. The van der Waals surface area contributed by atoms with E-state index in [4.69, 9.17) is 0 Å². The maximum Gasteiger partial charge on any atom is 0.246 e. The highest BCUT2D eigenvalue weighted by Gasteiger charge is 2.39. The van der Waals surface area contributed by atoms with Crippen LogP contribution >= 0.6 is 0 Å². The summed E-state index contributed by atoms with van der Waals surface area (Å²) in [5, 5.41) is 0. The summed E-state index contributed by atoms with van der Waals surface area (Å²) in [7, 11) is -4.15. The zero-order valence-corrected chi connectivity index (χ0v) is 14.5. The van der Waals surface area contributed by atoms with Gasteiger partial charge in [0.2, 0.25) is 10.0 Å². The van der Waals surface area contributed by atoms with Crippen LogP contribution in [-0.2, 0) is 16.6 Å². The normalized spacial score (nSPS) is 17.8. The van der Waals surface area contributed by atoms with E-state index in [1.54, 1.807) is 30.3 Å². The summed E-state index contributed by atoms with van der Waals surface area (Å²) in [6.45, 7) is 0.540. The quantitative estimate of drug-likeness (QED) is 0.704. The molecule has 0 bridgehead atoms. The second-order valence-electron chi connectivity index (χ2n) is 6.10. The van der Waals surface area contributed by atoms with Crippen molar-refractivity contribution in [1.29, 1.82) is 0 Å². The molecule has 1 aromatic heterocycles. The van der Waals surface area contributed by atoms with Crippen LogP contribution in [0.15, 0.2) is 71.8 Å². The molecule has 0 spiro atoms. The van der Waals surface area contributed by atoms with Gasteiger partial charge in [0.15, 0.2) is 0 Å². The van der Waals surface area contributed by atoms with Crippen LogP contribution in [0.5, 0.6) is 0 Å². The smallest absolute Gasteiger partial charge is 0.246 e. The number of halogens is 2. The zero-order valence-electron chi connectivity index (χ0n) is 13.7. The van der Waals surface area contributed by atoms with Crippen molar-refractivity contribution in [2.45, 2.75) is 17.5 Å². The van der Waals surface area contributed by atoms with Crippen molar-refractivity contribution < 1.29 is 17.2 Å². The molecule has 0 fully saturated rings. The number of benzene rings is 2. The van der Waals surface area contributed by atoms with Crippen molar-refractivity contribution in [3.05, 3.63) is 89.8 Å². The Bertz CT molecular complexity index is 1060. The Morgan fingerprint density at radius 3 is 2.27 bits per heavy atom. The van der Waals surface area contributed by atoms with Crippen LogP contribution in [0.25, 0.3) is 0 Å². The van der Waals surface area contributed by atoms with E-state index in [0.29, 0.717) is 12.2 Å². The van der Waals surface area contributed by atoms with Crippen molar-refractivity contribution >= 4 is 10.0 Å². The van der Waals surface area contributed by atoms with Gasteiger partial charge in [-0.05, 0) is 30.3 Å². The van der Waals surface area contributed by atoms with E-state index in [-0.39, 0.29) is 12.1 Å². The highest BCUT2D eigenvalue weighted by molar-refractivity contribution is 7.89. The molecule has 3 aromatic rings. The van der Waals surface area contributed by atoms with Crippen LogP contribution < -0.4 is 0 Å². The van der Waals surface area contributed by atoms with Crippen LogP contribution in [0, 0.1) is 11.6 Å². The lowest BCUT2D eigenvalue weighted by Crippen LogP contribution is -2.42. The van der Waals surface area contributed by atoms with Gasteiger partial charge in [0.05, 0.1) is 6.04 Å². The van der Waals surface area contributed by atoms with Gasteiger partial charge in [0, 0.05) is 30.5 Å². The molecule has 0 radical (unpaired) electrons. The first kappa shape index (κ1) is 16.9. The molecule has 0 amide bonds. The molecular formula is C19H16F2N2O2S. The molecule has 7 heteroatoms. The fourth-order valence-corrected chi connectivity index (χ4v) is 5.05. The van der Waals surface area contributed by atoms with Crippen molar-refractivity contribution in [1.82, 2.24) is 8.87 Å². The van der Waals surface area contributed by atoms with Gasteiger partial charge in [-0.3, -0.25) is 0 Å². The third-order valence-electron chi connectivity index (χ3n) is 4.62. The van der Waals surface area contributed by atoms with E-state index in [1.807, 2.05) is 10.8 Å². The Morgan fingerprint density at radius 2 is 1.54 bits per heavy atom. The zero-order chi connectivity index (χ0) is 18.3. The topological polar surface area (TPSA) is 42.3 Å². The van der Waals surface area contributed by atoms with Crippen molar-refractivity contribution in [2.24, 2.45) is 0 Å². The maximum atomic E-state index is 14.5. The molecule has 4 nitrogen and oxygen atoms in total. The van der Waals surface area contributed by atoms with E-state index in [9.17, 15) is 17.2 Å². The molecule has 1 aliphatic heterocycles. The van der Waals surface area contributed by atoms with Gasteiger partial charge in [-0.1, -0.05) is 30.3 Å². The number of rotatable bonds is 3. The van der Waals surface area contributed by atoms with Gasteiger partial charge in [-0.2, -0.15) is 4.31 Å². The van der Waals surface area contributed by atoms with E-state index < -0.39 is 32.6 Å². The number of aromatic nitrogens is 1. The van der Waals surface area contributed by atoms with Crippen molar-refractivity contribution in [3.8, 4) is 0 Å². The number of hydrogen-bond acceptors (Lipinski definition) is 2. The van der Waals surface area contributed by atoms with Gasteiger partial charge in [0.25, 0.3) is 0 Å². The van der Waals surface area contributed by atoms with E-state index in [2.05, 4.69) is 0 Å². The van der Waals surface area contributed by atoms with E-state index >= 15 is 0 Å². The molecule has 1 aliphatic rings. The van der Waals surface area contributed by atoms with Crippen LogP contribution in [0.3, 0.4) is 0 Å². The van der Waals surface area contributed by atoms with E-state index in [1.165, 1.54) is 28.6 Å². The van der Waals surface area contributed by atoms with Gasteiger partial charge in [-0.15, -0.1) is 0 Å².